The Morgan fingerprint density at radius 3 is 2.95 bits per heavy atom. The summed E-state index contributed by atoms with van der Waals surface area (Å²) in [5.74, 6) is 0.925. The van der Waals surface area contributed by atoms with Crippen LogP contribution in [0.4, 0.5) is 0 Å². The lowest BCUT2D eigenvalue weighted by molar-refractivity contribution is -0.0326. The van der Waals surface area contributed by atoms with Gasteiger partial charge in [0.05, 0.1) is 11.7 Å². The van der Waals surface area contributed by atoms with Gasteiger partial charge in [0, 0.05) is 6.04 Å². The molecule has 1 aliphatic heterocycles. The summed E-state index contributed by atoms with van der Waals surface area (Å²) in [6, 6.07) is 6.53. The molecule has 1 aromatic rings. The van der Waals surface area contributed by atoms with Crippen molar-refractivity contribution in [3.05, 3.63) is 29.3 Å². The molecule has 1 aliphatic carbocycles. The molecule has 0 saturated carbocycles. The second-order valence-corrected chi connectivity index (χ2v) is 6.71. The maximum absolute atomic E-state index is 6.19. The number of ether oxygens (including phenoxy) is 2. The molecule has 3 nitrogen and oxygen atoms in total. The molecule has 3 heteroatoms. The van der Waals surface area contributed by atoms with Gasteiger partial charge in [-0.1, -0.05) is 6.07 Å². The molecule has 1 aromatic carbocycles. The summed E-state index contributed by atoms with van der Waals surface area (Å²) >= 11 is 0. The molecule has 3 rings (SSSR count). The Labute approximate surface area is 121 Å². The minimum atomic E-state index is 0.00618. The molecule has 1 unspecified atom stereocenters. The number of nitrogens with two attached hydrogens (primary N) is 1. The van der Waals surface area contributed by atoms with Crippen LogP contribution in [0, 0.1) is 0 Å². The fraction of sp³-hybridized carbons (Fsp3) is 0.647. The highest BCUT2D eigenvalue weighted by Gasteiger charge is 2.32. The van der Waals surface area contributed by atoms with E-state index in [0.29, 0.717) is 6.61 Å². The molecule has 2 aliphatic rings. The Hall–Kier alpha value is -1.06. The van der Waals surface area contributed by atoms with Gasteiger partial charge in [0.15, 0.2) is 0 Å². The van der Waals surface area contributed by atoms with Gasteiger partial charge in [-0.2, -0.15) is 0 Å². The van der Waals surface area contributed by atoms with Gasteiger partial charge in [-0.3, -0.25) is 0 Å². The van der Waals surface area contributed by atoms with Crippen molar-refractivity contribution in [3.8, 4) is 5.75 Å². The average molecular weight is 275 g/mol. The summed E-state index contributed by atoms with van der Waals surface area (Å²) in [5.41, 5.74) is 8.84. The number of benzene rings is 1. The molecule has 1 fully saturated rings. The first-order valence-electron chi connectivity index (χ1n) is 7.72. The van der Waals surface area contributed by atoms with E-state index in [1.807, 2.05) is 0 Å². The van der Waals surface area contributed by atoms with E-state index < -0.39 is 0 Å². The quantitative estimate of drug-likeness (QED) is 0.920. The minimum Gasteiger partial charge on any atom is -0.491 e. The Morgan fingerprint density at radius 2 is 2.20 bits per heavy atom. The van der Waals surface area contributed by atoms with Gasteiger partial charge in [-0.15, -0.1) is 0 Å². The Kier molecular flexibility index (Phi) is 3.74. The first-order chi connectivity index (χ1) is 9.53. The molecule has 2 atom stereocenters. The molecule has 1 saturated heterocycles. The molecule has 0 amide bonds. The van der Waals surface area contributed by atoms with E-state index in [1.54, 1.807) is 0 Å². The zero-order valence-corrected chi connectivity index (χ0v) is 12.5. The van der Waals surface area contributed by atoms with Crippen LogP contribution in [0.25, 0.3) is 0 Å². The van der Waals surface area contributed by atoms with Gasteiger partial charge in [0.2, 0.25) is 0 Å². The molecule has 2 N–H and O–H groups in total. The summed E-state index contributed by atoms with van der Waals surface area (Å²) in [6.07, 6.45) is 5.82. The molecule has 0 radical (unpaired) electrons. The van der Waals surface area contributed by atoms with Crippen LogP contribution in [0.15, 0.2) is 18.2 Å². The fourth-order valence-electron chi connectivity index (χ4n) is 3.29. The molecular formula is C17H25NO2. The van der Waals surface area contributed by atoms with Crippen LogP contribution in [0.2, 0.25) is 0 Å². The normalized spacial score (nSPS) is 28.1. The summed E-state index contributed by atoms with van der Waals surface area (Å²) < 4.78 is 11.9. The van der Waals surface area contributed by atoms with E-state index in [4.69, 9.17) is 15.2 Å². The molecule has 0 bridgehead atoms. The second-order valence-electron chi connectivity index (χ2n) is 6.71. The van der Waals surface area contributed by atoms with Crippen LogP contribution >= 0.6 is 0 Å². The monoisotopic (exact) mass is 275 g/mol. The van der Waals surface area contributed by atoms with Gasteiger partial charge in [-0.05, 0) is 69.2 Å². The van der Waals surface area contributed by atoms with Crippen molar-refractivity contribution < 1.29 is 9.47 Å². The topological polar surface area (TPSA) is 44.5 Å². The van der Waals surface area contributed by atoms with Gasteiger partial charge in [0.25, 0.3) is 0 Å². The smallest absolute Gasteiger partial charge is 0.119 e. The number of aryl methyl sites for hydroxylation is 1. The van der Waals surface area contributed by atoms with Crippen LogP contribution < -0.4 is 10.5 Å². The fourth-order valence-corrected chi connectivity index (χ4v) is 3.29. The highest BCUT2D eigenvalue weighted by atomic mass is 16.6. The van der Waals surface area contributed by atoms with Crippen molar-refractivity contribution >= 4 is 0 Å². The molecule has 0 aromatic heterocycles. The molecule has 1 heterocycles. The van der Waals surface area contributed by atoms with Crippen molar-refractivity contribution in [3.63, 3.8) is 0 Å². The third-order valence-corrected chi connectivity index (χ3v) is 4.47. The van der Waals surface area contributed by atoms with Crippen molar-refractivity contribution in [2.24, 2.45) is 5.73 Å². The van der Waals surface area contributed by atoms with E-state index in [9.17, 15) is 0 Å². The van der Waals surface area contributed by atoms with E-state index in [2.05, 4.69) is 32.0 Å². The van der Waals surface area contributed by atoms with Crippen molar-refractivity contribution in [1.82, 2.24) is 0 Å². The zero-order valence-electron chi connectivity index (χ0n) is 12.5. The Balaban J connectivity index is 1.62. The van der Waals surface area contributed by atoms with Crippen molar-refractivity contribution in [1.29, 1.82) is 0 Å². The highest BCUT2D eigenvalue weighted by Crippen LogP contribution is 2.32. The second kappa shape index (κ2) is 5.38. The average Bonchev–Trinajstić information content (AvgIpc) is 2.77. The van der Waals surface area contributed by atoms with E-state index in [1.165, 1.54) is 17.5 Å². The maximum Gasteiger partial charge on any atom is 0.119 e. The Bertz CT molecular complexity index is 484. The van der Waals surface area contributed by atoms with Gasteiger partial charge >= 0.3 is 0 Å². The predicted molar refractivity (Wildman–Crippen MR) is 80.0 cm³/mol. The minimum absolute atomic E-state index is 0.00618. The number of hydrogen-bond donors (Lipinski definition) is 1. The lowest BCUT2D eigenvalue weighted by Gasteiger charge is -2.23. The third kappa shape index (κ3) is 2.99. The van der Waals surface area contributed by atoms with Crippen LogP contribution in [-0.4, -0.2) is 18.3 Å². The molecule has 0 spiro atoms. The van der Waals surface area contributed by atoms with Crippen molar-refractivity contribution in [2.75, 3.05) is 6.61 Å². The first-order valence-corrected chi connectivity index (χ1v) is 7.72. The lowest BCUT2D eigenvalue weighted by Crippen LogP contribution is -2.24. The largest absolute Gasteiger partial charge is 0.491 e. The van der Waals surface area contributed by atoms with Crippen LogP contribution in [-0.2, 0) is 11.2 Å². The standard InChI is InChI=1S/C17H25NO2/c1-17(2)9-8-14(20-17)11-19-13-7-6-12-4-3-5-16(18)15(12)10-13/h6-7,10,14,16H,3-5,8-9,11,18H2,1-2H3/t14?,16-/m1/s1. The summed E-state index contributed by atoms with van der Waals surface area (Å²) in [5, 5.41) is 0. The van der Waals surface area contributed by atoms with Crippen LogP contribution in [0.5, 0.6) is 5.75 Å². The summed E-state index contributed by atoms with van der Waals surface area (Å²) in [4.78, 5) is 0. The Morgan fingerprint density at radius 1 is 1.35 bits per heavy atom. The first kappa shape index (κ1) is 13.9. The van der Waals surface area contributed by atoms with Crippen LogP contribution in [0.3, 0.4) is 0 Å². The maximum atomic E-state index is 6.19. The number of fused-ring (bicyclic) bond motifs is 1. The third-order valence-electron chi connectivity index (χ3n) is 4.47. The van der Waals surface area contributed by atoms with Crippen LogP contribution in [0.1, 0.15) is 56.7 Å². The highest BCUT2D eigenvalue weighted by molar-refractivity contribution is 5.39. The molecular weight excluding hydrogens is 250 g/mol. The van der Waals surface area contributed by atoms with Gasteiger partial charge < -0.3 is 15.2 Å². The lowest BCUT2D eigenvalue weighted by atomic mass is 9.88. The summed E-state index contributed by atoms with van der Waals surface area (Å²) in [7, 11) is 0. The zero-order chi connectivity index (χ0) is 14.2. The summed E-state index contributed by atoms with van der Waals surface area (Å²) in [6.45, 7) is 4.92. The van der Waals surface area contributed by atoms with Gasteiger partial charge in [-0.25, -0.2) is 0 Å². The predicted octanol–water partition coefficient (Wildman–Crippen LogP) is 3.36. The van der Waals surface area contributed by atoms with Crippen molar-refractivity contribution in [2.45, 2.75) is 63.7 Å². The number of hydrogen-bond acceptors (Lipinski definition) is 3. The van der Waals surface area contributed by atoms with Gasteiger partial charge in [0.1, 0.15) is 12.4 Å². The van der Waals surface area contributed by atoms with E-state index >= 15 is 0 Å². The molecule has 110 valence electrons. The van der Waals surface area contributed by atoms with E-state index in [0.717, 1.165) is 31.4 Å². The SMILES string of the molecule is CC1(C)CCC(COc2ccc3c(c2)[C@H](N)CCC3)O1. The number of rotatable bonds is 3. The molecule has 20 heavy (non-hydrogen) atoms. The van der Waals surface area contributed by atoms with E-state index in [-0.39, 0.29) is 17.7 Å².